The maximum atomic E-state index is 8.52. The van der Waals surface area contributed by atoms with Crippen LogP contribution in [0, 0.1) is 0 Å². The Hall–Kier alpha value is -1.98. The molecule has 1 aromatic heterocycles. The Morgan fingerprint density at radius 2 is 2.35 bits per heavy atom. The number of pyridine rings is 1. The lowest BCUT2D eigenvalue weighted by molar-refractivity contribution is 0.316. The van der Waals surface area contributed by atoms with Gasteiger partial charge >= 0.3 is 0 Å². The second-order valence-electron chi connectivity index (χ2n) is 3.81. The molecular formula is C11H18N4O2. The van der Waals surface area contributed by atoms with Gasteiger partial charge in [0.25, 0.3) is 0 Å². The Kier molecular flexibility index (Phi) is 4.56. The Morgan fingerprint density at radius 1 is 1.65 bits per heavy atom. The number of ether oxygens (including phenoxy) is 1. The fourth-order valence-electron chi connectivity index (χ4n) is 1.41. The highest BCUT2D eigenvalue weighted by Crippen LogP contribution is 2.17. The summed E-state index contributed by atoms with van der Waals surface area (Å²) in [6.07, 6.45) is 2.13. The molecule has 0 amide bonds. The number of methoxy groups -OCH3 is 1. The molecule has 0 saturated heterocycles. The molecule has 0 aliphatic rings. The summed E-state index contributed by atoms with van der Waals surface area (Å²) < 4.78 is 5.04. The zero-order valence-electron chi connectivity index (χ0n) is 10.3. The largest absolute Gasteiger partial charge is 0.495 e. The van der Waals surface area contributed by atoms with E-state index in [2.05, 4.69) is 10.1 Å². The van der Waals surface area contributed by atoms with E-state index in [-0.39, 0.29) is 11.9 Å². The molecule has 1 aromatic rings. The number of rotatable bonds is 5. The number of aromatic nitrogens is 1. The highest BCUT2D eigenvalue weighted by Gasteiger charge is 2.13. The van der Waals surface area contributed by atoms with Crippen LogP contribution in [0.3, 0.4) is 0 Å². The van der Waals surface area contributed by atoms with Gasteiger partial charge in [-0.15, -0.1) is 0 Å². The molecular weight excluding hydrogens is 220 g/mol. The molecule has 0 aliphatic carbocycles. The number of hydrogen-bond donors (Lipinski definition) is 2. The van der Waals surface area contributed by atoms with E-state index in [1.54, 1.807) is 13.3 Å². The SMILES string of the molecule is COc1ccc(N(C)C(C)C/C(N)=N/O)nc1. The molecule has 1 heterocycles. The molecule has 6 nitrogen and oxygen atoms in total. The molecule has 0 fully saturated rings. The number of oxime groups is 1. The molecule has 0 bridgehead atoms. The van der Waals surface area contributed by atoms with Gasteiger partial charge in [0.05, 0.1) is 13.3 Å². The van der Waals surface area contributed by atoms with Crippen molar-refractivity contribution in [3.8, 4) is 5.75 Å². The quantitative estimate of drug-likeness (QED) is 0.347. The zero-order chi connectivity index (χ0) is 12.8. The maximum Gasteiger partial charge on any atom is 0.141 e. The molecule has 0 spiro atoms. The number of nitrogens with two attached hydrogens (primary N) is 1. The number of hydrogen-bond acceptors (Lipinski definition) is 5. The molecule has 0 radical (unpaired) electrons. The van der Waals surface area contributed by atoms with E-state index in [4.69, 9.17) is 15.7 Å². The molecule has 94 valence electrons. The average molecular weight is 238 g/mol. The van der Waals surface area contributed by atoms with Crippen molar-refractivity contribution < 1.29 is 9.94 Å². The normalized spacial score (nSPS) is 13.2. The lowest BCUT2D eigenvalue weighted by atomic mass is 10.2. The Labute approximate surface area is 101 Å². The van der Waals surface area contributed by atoms with Gasteiger partial charge in [-0.25, -0.2) is 4.98 Å². The van der Waals surface area contributed by atoms with Gasteiger partial charge in [0.2, 0.25) is 0 Å². The Morgan fingerprint density at radius 3 is 2.82 bits per heavy atom. The van der Waals surface area contributed by atoms with Gasteiger partial charge in [-0.3, -0.25) is 0 Å². The molecule has 17 heavy (non-hydrogen) atoms. The highest BCUT2D eigenvalue weighted by molar-refractivity contribution is 5.80. The molecule has 0 aliphatic heterocycles. The summed E-state index contributed by atoms with van der Waals surface area (Å²) in [4.78, 5) is 6.22. The topological polar surface area (TPSA) is 84.0 Å². The van der Waals surface area contributed by atoms with Gasteiger partial charge in [-0.1, -0.05) is 5.16 Å². The predicted octanol–water partition coefficient (Wildman–Crippen LogP) is 1.05. The van der Waals surface area contributed by atoms with E-state index < -0.39 is 0 Å². The molecule has 1 rings (SSSR count). The van der Waals surface area contributed by atoms with Crippen molar-refractivity contribution in [1.82, 2.24) is 4.98 Å². The van der Waals surface area contributed by atoms with E-state index in [1.165, 1.54) is 0 Å². The number of nitrogens with zero attached hydrogens (tertiary/aromatic N) is 3. The van der Waals surface area contributed by atoms with Gasteiger partial charge in [-0.05, 0) is 19.1 Å². The summed E-state index contributed by atoms with van der Waals surface area (Å²) in [6, 6.07) is 3.79. The van der Waals surface area contributed by atoms with Crippen molar-refractivity contribution >= 4 is 11.7 Å². The van der Waals surface area contributed by atoms with Crippen molar-refractivity contribution in [3.05, 3.63) is 18.3 Å². The van der Waals surface area contributed by atoms with Gasteiger partial charge in [0.15, 0.2) is 0 Å². The van der Waals surface area contributed by atoms with E-state index >= 15 is 0 Å². The molecule has 1 unspecified atom stereocenters. The van der Waals surface area contributed by atoms with E-state index in [0.29, 0.717) is 12.2 Å². The molecule has 1 atom stereocenters. The summed E-state index contributed by atoms with van der Waals surface area (Å²) in [5.41, 5.74) is 5.47. The first kappa shape index (κ1) is 13.1. The van der Waals surface area contributed by atoms with Crippen LogP contribution in [0.5, 0.6) is 5.75 Å². The fraction of sp³-hybridized carbons (Fsp3) is 0.455. The van der Waals surface area contributed by atoms with Crippen LogP contribution in [-0.4, -0.2) is 36.2 Å². The molecule has 0 saturated carbocycles. The van der Waals surface area contributed by atoms with Crippen molar-refractivity contribution in [1.29, 1.82) is 0 Å². The van der Waals surface area contributed by atoms with Crippen molar-refractivity contribution in [2.75, 3.05) is 19.1 Å². The number of amidine groups is 1. The Bertz CT molecular complexity index is 378. The third-order valence-corrected chi connectivity index (χ3v) is 2.61. The summed E-state index contributed by atoms with van der Waals surface area (Å²) in [7, 11) is 3.51. The van der Waals surface area contributed by atoms with Gasteiger partial charge in [0.1, 0.15) is 17.4 Å². The predicted molar refractivity (Wildman–Crippen MR) is 66.7 cm³/mol. The highest BCUT2D eigenvalue weighted by atomic mass is 16.5. The third kappa shape index (κ3) is 3.51. The van der Waals surface area contributed by atoms with Crippen LogP contribution in [0.4, 0.5) is 5.82 Å². The first-order valence-corrected chi connectivity index (χ1v) is 5.27. The minimum absolute atomic E-state index is 0.0896. The van der Waals surface area contributed by atoms with Crippen LogP contribution >= 0.6 is 0 Å². The smallest absolute Gasteiger partial charge is 0.141 e. The van der Waals surface area contributed by atoms with E-state index in [0.717, 1.165) is 5.82 Å². The van der Waals surface area contributed by atoms with Gasteiger partial charge in [-0.2, -0.15) is 0 Å². The minimum Gasteiger partial charge on any atom is -0.495 e. The van der Waals surface area contributed by atoms with Crippen LogP contribution in [0.2, 0.25) is 0 Å². The molecule has 0 aromatic carbocycles. The van der Waals surface area contributed by atoms with Crippen LogP contribution in [0.25, 0.3) is 0 Å². The number of anilines is 1. The first-order chi connectivity index (χ1) is 8.08. The van der Waals surface area contributed by atoms with Crippen LogP contribution in [0.1, 0.15) is 13.3 Å². The molecule has 6 heteroatoms. The van der Waals surface area contributed by atoms with Crippen molar-refractivity contribution in [2.24, 2.45) is 10.9 Å². The van der Waals surface area contributed by atoms with Crippen molar-refractivity contribution in [3.63, 3.8) is 0 Å². The first-order valence-electron chi connectivity index (χ1n) is 5.27. The van der Waals surface area contributed by atoms with Gasteiger partial charge < -0.3 is 20.6 Å². The van der Waals surface area contributed by atoms with E-state index in [1.807, 2.05) is 31.0 Å². The van der Waals surface area contributed by atoms with Crippen LogP contribution < -0.4 is 15.4 Å². The lowest BCUT2D eigenvalue weighted by Gasteiger charge is -2.25. The summed E-state index contributed by atoms with van der Waals surface area (Å²) >= 11 is 0. The second kappa shape index (κ2) is 5.93. The average Bonchev–Trinajstić information content (AvgIpc) is 2.37. The fourth-order valence-corrected chi connectivity index (χ4v) is 1.41. The van der Waals surface area contributed by atoms with Crippen LogP contribution in [-0.2, 0) is 0 Å². The Balaban J connectivity index is 2.70. The summed E-state index contributed by atoms with van der Waals surface area (Å²) in [5, 5.41) is 11.5. The van der Waals surface area contributed by atoms with Crippen LogP contribution in [0.15, 0.2) is 23.5 Å². The summed E-state index contributed by atoms with van der Waals surface area (Å²) in [6.45, 7) is 1.98. The lowest BCUT2D eigenvalue weighted by Crippen LogP contribution is -2.33. The zero-order valence-corrected chi connectivity index (χ0v) is 10.3. The van der Waals surface area contributed by atoms with Crippen molar-refractivity contribution in [2.45, 2.75) is 19.4 Å². The van der Waals surface area contributed by atoms with E-state index in [9.17, 15) is 0 Å². The maximum absolute atomic E-state index is 8.52. The van der Waals surface area contributed by atoms with Gasteiger partial charge in [0, 0.05) is 19.5 Å². The second-order valence-corrected chi connectivity index (χ2v) is 3.81. The standard InChI is InChI=1S/C11H18N4O2/c1-8(6-10(12)14-16)15(2)11-5-4-9(17-3)7-13-11/h4-5,7-8,16H,6H2,1-3H3,(H2,12,14). The monoisotopic (exact) mass is 238 g/mol. The third-order valence-electron chi connectivity index (χ3n) is 2.61. The summed E-state index contributed by atoms with van der Waals surface area (Å²) in [5.74, 6) is 1.73. The minimum atomic E-state index is 0.0896. The molecule has 3 N–H and O–H groups in total.